The average molecular weight is 258 g/mol. The van der Waals surface area contributed by atoms with Crippen molar-refractivity contribution < 1.29 is 9.53 Å². The van der Waals surface area contributed by atoms with Crippen molar-refractivity contribution in [3.8, 4) is 0 Å². The first-order valence-electron chi connectivity index (χ1n) is 6.94. The van der Waals surface area contributed by atoms with Crippen LogP contribution in [0.2, 0.25) is 0 Å². The summed E-state index contributed by atoms with van der Waals surface area (Å²) in [6.45, 7) is 10.6. The number of carbonyl (C=O) groups is 1. The zero-order chi connectivity index (χ0) is 14.2. The molecule has 18 heavy (non-hydrogen) atoms. The van der Waals surface area contributed by atoms with Gasteiger partial charge in [0.2, 0.25) is 0 Å². The van der Waals surface area contributed by atoms with Crippen molar-refractivity contribution in [3.63, 3.8) is 0 Å². The van der Waals surface area contributed by atoms with Crippen molar-refractivity contribution in [3.05, 3.63) is 0 Å². The predicted octanol–water partition coefficient (Wildman–Crippen LogP) is 1.90. The molecule has 0 radical (unpaired) electrons. The molecular weight excluding hydrogens is 228 g/mol. The molecule has 0 amide bonds. The average Bonchev–Trinajstić information content (AvgIpc) is 2.36. The Kier molecular flexibility index (Phi) is 8.20. The molecule has 1 N–H and O–H groups in total. The Morgan fingerprint density at radius 1 is 1.44 bits per heavy atom. The number of hydrogen-bond donors (Lipinski definition) is 1. The van der Waals surface area contributed by atoms with Crippen LogP contribution in [-0.2, 0) is 9.53 Å². The van der Waals surface area contributed by atoms with Gasteiger partial charge < -0.3 is 15.0 Å². The number of hydrogen-bond acceptors (Lipinski definition) is 4. The molecule has 0 bridgehead atoms. The lowest BCUT2D eigenvalue weighted by atomic mass is 9.97. The first-order valence-corrected chi connectivity index (χ1v) is 6.94. The summed E-state index contributed by atoms with van der Waals surface area (Å²) < 4.78 is 5.11. The molecule has 0 aliphatic rings. The monoisotopic (exact) mass is 258 g/mol. The minimum atomic E-state index is -0.584. The number of nitrogens with one attached hydrogen (secondary N) is 1. The summed E-state index contributed by atoms with van der Waals surface area (Å²) in [4.78, 5) is 14.2. The normalized spacial score (nSPS) is 16.4. The molecule has 0 aromatic carbocycles. The van der Waals surface area contributed by atoms with Crippen molar-refractivity contribution in [1.29, 1.82) is 0 Å². The first-order chi connectivity index (χ1) is 8.39. The first kappa shape index (κ1) is 17.4. The molecule has 108 valence electrons. The highest BCUT2D eigenvalue weighted by Gasteiger charge is 2.32. The topological polar surface area (TPSA) is 41.6 Å². The highest BCUT2D eigenvalue weighted by molar-refractivity contribution is 5.80. The van der Waals surface area contributed by atoms with Gasteiger partial charge in [0.25, 0.3) is 0 Å². The Morgan fingerprint density at radius 2 is 2.06 bits per heavy atom. The lowest BCUT2D eigenvalue weighted by Gasteiger charge is -2.29. The van der Waals surface area contributed by atoms with Gasteiger partial charge in [-0.05, 0) is 40.3 Å². The van der Waals surface area contributed by atoms with Crippen LogP contribution in [0.25, 0.3) is 0 Å². The highest BCUT2D eigenvalue weighted by Crippen LogP contribution is 2.13. The minimum Gasteiger partial charge on any atom is -0.465 e. The van der Waals surface area contributed by atoms with Gasteiger partial charge in [-0.15, -0.1) is 0 Å². The molecule has 0 aliphatic carbocycles. The molecule has 0 spiro atoms. The number of nitrogens with zero attached hydrogens (tertiary/aromatic N) is 1. The van der Waals surface area contributed by atoms with Crippen LogP contribution in [0.5, 0.6) is 0 Å². The van der Waals surface area contributed by atoms with E-state index in [1.807, 2.05) is 20.9 Å². The van der Waals surface area contributed by atoms with E-state index in [1.165, 1.54) is 6.42 Å². The number of carbonyl (C=O) groups excluding carboxylic acids is 1. The Labute approximate surface area is 112 Å². The van der Waals surface area contributed by atoms with Crippen LogP contribution in [-0.4, -0.2) is 50.2 Å². The summed E-state index contributed by atoms with van der Waals surface area (Å²) >= 11 is 0. The summed E-state index contributed by atoms with van der Waals surface area (Å²) in [7, 11) is 3.92. The summed E-state index contributed by atoms with van der Waals surface area (Å²) in [6, 6.07) is 0. The van der Waals surface area contributed by atoms with E-state index in [0.29, 0.717) is 12.5 Å². The van der Waals surface area contributed by atoms with E-state index in [2.05, 4.69) is 31.1 Å². The molecule has 2 unspecified atom stereocenters. The van der Waals surface area contributed by atoms with Gasteiger partial charge in [-0.25, -0.2) is 0 Å². The van der Waals surface area contributed by atoms with E-state index in [4.69, 9.17) is 4.74 Å². The fourth-order valence-corrected chi connectivity index (χ4v) is 1.79. The number of esters is 1. The predicted molar refractivity (Wildman–Crippen MR) is 75.7 cm³/mol. The van der Waals surface area contributed by atoms with Crippen LogP contribution < -0.4 is 5.32 Å². The van der Waals surface area contributed by atoms with E-state index >= 15 is 0 Å². The van der Waals surface area contributed by atoms with Gasteiger partial charge in [0.1, 0.15) is 5.54 Å². The molecule has 0 heterocycles. The number of ether oxygens (including phenoxy) is 1. The molecular formula is C14H30N2O2. The maximum Gasteiger partial charge on any atom is 0.326 e. The fourth-order valence-electron chi connectivity index (χ4n) is 1.79. The summed E-state index contributed by atoms with van der Waals surface area (Å²) in [5.74, 6) is 0.530. The van der Waals surface area contributed by atoms with E-state index in [1.54, 1.807) is 0 Å². The lowest BCUT2D eigenvalue weighted by molar-refractivity contribution is -0.150. The van der Waals surface area contributed by atoms with Crippen LogP contribution in [0.1, 0.15) is 40.5 Å². The van der Waals surface area contributed by atoms with Crippen molar-refractivity contribution in [1.82, 2.24) is 10.2 Å². The minimum absolute atomic E-state index is 0.163. The Bertz CT molecular complexity index is 246. The fraction of sp³-hybridized carbons (Fsp3) is 0.929. The number of rotatable bonds is 9. The van der Waals surface area contributed by atoms with Gasteiger partial charge >= 0.3 is 5.97 Å². The lowest BCUT2D eigenvalue weighted by Crippen LogP contribution is -2.50. The number of likely N-dealkylation sites (N-methyl/N-ethyl adjacent to an activating group) is 1. The zero-order valence-electron chi connectivity index (χ0n) is 12.9. The summed E-state index contributed by atoms with van der Waals surface area (Å²) in [6.07, 6.45) is 1.95. The summed E-state index contributed by atoms with van der Waals surface area (Å²) in [5, 5.41) is 3.08. The van der Waals surface area contributed by atoms with Gasteiger partial charge in [-0.2, -0.15) is 0 Å². The van der Waals surface area contributed by atoms with E-state index in [0.717, 1.165) is 19.5 Å². The molecule has 0 aromatic heterocycles. The molecule has 0 fully saturated rings. The van der Waals surface area contributed by atoms with Gasteiger partial charge in [-0.1, -0.05) is 20.3 Å². The van der Waals surface area contributed by atoms with Crippen molar-refractivity contribution in [2.45, 2.75) is 46.1 Å². The van der Waals surface area contributed by atoms with Crippen LogP contribution in [0, 0.1) is 5.92 Å². The third kappa shape index (κ3) is 5.83. The molecule has 0 aromatic rings. The largest absolute Gasteiger partial charge is 0.465 e. The van der Waals surface area contributed by atoms with Crippen LogP contribution >= 0.6 is 0 Å². The Morgan fingerprint density at radius 3 is 2.50 bits per heavy atom. The van der Waals surface area contributed by atoms with Gasteiger partial charge in [0.15, 0.2) is 0 Å². The Hall–Kier alpha value is -0.610. The van der Waals surface area contributed by atoms with Crippen molar-refractivity contribution in [2.24, 2.45) is 5.92 Å². The maximum atomic E-state index is 11.9. The smallest absolute Gasteiger partial charge is 0.326 e. The molecule has 0 aliphatic heterocycles. The van der Waals surface area contributed by atoms with E-state index in [-0.39, 0.29) is 5.97 Å². The second-order valence-corrected chi connectivity index (χ2v) is 5.33. The zero-order valence-corrected chi connectivity index (χ0v) is 12.9. The maximum absolute atomic E-state index is 11.9. The molecule has 0 saturated heterocycles. The molecule has 4 nitrogen and oxygen atoms in total. The molecule has 2 atom stereocenters. The van der Waals surface area contributed by atoms with Crippen LogP contribution in [0.4, 0.5) is 0 Å². The second kappa shape index (κ2) is 8.48. The third-order valence-corrected chi connectivity index (χ3v) is 3.59. The van der Waals surface area contributed by atoms with Gasteiger partial charge in [0.05, 0.1) is 6.61 Å². The van der Waals surface area contributed by atoms with E-state index in [9.17, 15) is 4.79 Å². The standard InChI is InChI=1S/C14H30N2O2/c1-7-12(3)11-16(6)10-9-14(4,15-5)13(17)18-8-2/h12,15H,7-11H2,1-6H3. The highest BCUT2D eigenvalue weighted by atomic mass is 16.5. The van der Waals surface area contributed by atoms with Crippen molar-refractivity contribution >= 4 is 5.97 Å². The SMILES string of the molecule is CCOC(=O)C(C)(CCN(C)CC(C)CC)NC. The molecule has 0 saturated carbocycles. The van der Waals surface area contributed by atoms with E-state index < -0.39 is 5.54 Å². The Balaban J connectivity index is 4.24. The van der Waals surface area contributed by atoms with Crippen LogP contribution in [0.15, 0.2) is 0 Å². The molecule has 0 rings (SSSR count). The molecule has 4 heteroatoms. The van der Waals surface area contributed by atoms with Gasteiger partial charge in [-0.3, -0.25) is 4.79 Å². The van der Waals surface area contributed by atoms with Crippen LogP contribution in [0.3, 0.4) is 0 Å². The quantitative estimate of drug-likeness (QED) is 0.641. The summed E-state index contributed by atoms with van der Waals surface area (Å²) in [5.41, 5.74) is -0.584. The second-order valence-electron chi connectivity index (χ2n) is 5.33. The van der Waals surface area contributed by atoms with Crippen molar-refractivity contribution in [2.75, 3.05) is 33.8 Å². The third-order valence-electron chi connectivity index (χ3n) is 3.59. The van der Waals surface area contributed by atoms with Gasteiger partial charge in [0, 0.05) is 13.1 Å².